The van der Waals surface area contributed by atoms with Gasteiger partial charge in [0.2, 0.25) is 0 Å². The Morgan fingerprint density at radius 3 is 2.68 bits per heavy atom. The number of nitrogens with zero attached hydrogens (tertiary/aromatic N) is 1. The molecule has 19 heavy (non-hydrogen) atoms. The molecule has 3 rings (SSSR count). The van der Waals surface area contributed by atoms with Crippen molar-refractivity contribution >= 4 is 0 Å². The number of nitrogens with one attached hydrogen (secondary N) is 1. The van der Waals surface area contributed by atoms with E-state index in [2.05, 4.69) is 61.3 Å². The van der Waals surface area contributed by atoms with E-state index < -0.39 is 0 Å². The Bertz CT molecular complexity index is 426. The number of hydrogen-bond acceptors (Lipinski definition) is 2. The van der Waals surface area contributed by atoms with Gasteiger partial charge in [-0.05, 0) is 32.3 Å². The molecule has 2 heteroatoms. The number of rotatable bonds is 3. The monoisotopic (exact) mass is 258 g/mol. The van der Waals surface area contributed by atoms with Gasteiger partial charge in [0.25, 0.3) is 0 Å². The fraction of sp³-hybridized carbons (Fsp3) is 0.647. The minimum atomic E-state index is 0.259. The summed E-state index contributed by atoms with van der Waals surface area (Å²) in [6, 6.07) is 12.5. The minimum Gasteiger partial charge on any atom is -0.309 e. The van der Waals surface area contributed by atoms with Gasteiger partial charge in [-0.25, -0.2) is 0 Å². The van der Waals surface area contributed by atoms with Gasteiger partial charge < -0.3 is 5.32 Å². The van der Waals surface area contributed by atoms with Crippen LogP contribution in [-0.4, -0.2) is 35.6 Å². The van der Waals surface area contributed by atoms with Gasteiger partial charge in [-0.1, -0.05) is 37.3 Å². The van der Waals surface area contributed by atoms with E-state index in [9.17, 15) is 0 Å². The molecule has 2 nitrogen and oxygen atoms in total. The molecule has 1 saturated carbocycles. The minimum absolute atomic E-state index is 0.259. The van der Waals surface area contributed by atoms with Gasteiger partial charge in [0.05, 0.1) is 0 Å². The molecule has 104 valence electrons. The van der Waals surface area contributed by atoms with Gasteiger partial charge in [-0.3, -0.25) is 4.90 Å². The van der Waals surface area contributed by atoms with E-state index in [1.54, 1.807) is 0 Å². The zero-order valence-electron chi connectivity index (χ0n) is 12.4. The molecule has 1 saturated heterocycles. The van der Waals surface area contributed by atoms with Crippen molar-refractivity contribution in [2.75, 3.05) is 13.1 Å². The molecule has 0 radical (unpaired) electrons. The Kier molecular flexibility index (Phi) is 3.40. The molecule has 2 aliphatic rings. The lowest BCUT2D eigenvalue weighted by Crippen LogP contribution is -2.62. The normalized spacial score (nSPS) is 34.2. The Labute approximate surface area is 117 Å². The van der Waals surface area contributed by atoms with Crippen molar-refractivity contribution in [2.45, 2.75) is 57.2 Å². The van der Waals surface area contributed by atoms with Crippen LogP contribution in [0.2, 0.25) is 0 Å². The topological polar surface area (TPSA) is 15.3 Å². The van der Waals surface area contributed by atoms with Crippen LogP contribution in [0.5, 0.6) is 0 Å². The highest BCUT2D eigenvalue weighted by atomic mass is 15.3. The summed E-state index contributed by atoms with van der Waals surface area (Å²) in [7, 11) is 0. The van der Waals surface area contributed by atoms with Gasteiger partial charge >= 0.3 is 0 Å². The Balaban J connectivity index is 1.72. The predicted molar refractivity (Wildman–Crippen MR) is 80.5 cm³/mol. The van der Waals surface area contributed by atoms with Crippen LogP contribution in [0, 0.1) is 0 Å². The van der Waals surface area contributed by atoms with Crippen LogP contribution in [-0.2, 0) is 0 Å². The first-order valence-corrected chi connectivity index (χ1v) is 7.66. The van der Waals surface area contributed by atoms with Crippen molar-refractivity contribution in [3.8, 4) is 0 Å². The molecule has 0 bridgehead atoms. The summed E-state index contributed by atoms with van der Waals surface area (Å²) in [5.41, 5.74) is 1.79. The summed E-state index contributed by atoms with van der Waals surface area (Å²) in [6.07, 6.45) is 2.59. The first-order valence-electron chi connectivity index (χ1n) is 7.66. The molecule has 1 aliphatic carbocycles. The van der Waals surface area contributed by atoms with E-state index in [0.29, 0.717) is 6.04 Å². The lowest BCUT2D eigenvalue weighted by atomic mass is 9.97. The zero-order valence-corrected chi connectivity index (χ0v) is 12.4. The number of benzene rings is 1. The third kappa shape index (κ3) is 2.70. The number of piperazine rings is 1. The van der Waals surface area contributed by atoms with Crippen LogP contribution in [0.3, 0.4) is 0 Å². The molecule has 3 unspecified atom stereocenters. The lowest BCUT2D eigenvalue weighted by molar-refractivity contribution is 0.0834. The lowest BCUT2D eigenvalue weighted by Gasteiger charge is -2.45. The van der Waals surface area contributed by atoms with Gasteiger partial charge in [0, 0.05) is 36.6 Å². The molecular weight excluding hydrogens is 232 g/mol. The predicted octanol–water partition coefficient (Wildman–Crippen LogP) is 3.00. The molecule has 3 atom stereocenters. The van der Waals surface area contributed by atoms with Gasteiger partial charge in [-0.15, -0.1) is 0 Å². The van der Waals surface area contributed by atoms with E-state index >= 15 is 0 Å². The van der Waals surface area contributed by atoms with Crippen molar-refractivity contribution in [1.82, 2.24) is 10.2 Å². The van der Waals surface area contributed by atoms with Crippen LogP contribution in [0.4, 0.5) is 0 Å². The third-order valence-corrected chi connectivity index (χ3v) is 4.74. The Hall–Kier alpha value is -0.860. The highest BCUT2D eigenvalue weighted by Gasteiger charge is 2.47. The molecular formula is C17H26N2. The van der Waals surface area contributed by atoms with Crippen molar-refractivity contribution in [3.05, 3.63) is 35.9 Å². The summed E-state index contributed by atoms with van der Waals surface area (Å²) in [5.74, 6) is 0.768. The summed E-state index contributed by atoms with van der Waals surface area (Å²) < 4.78 is 0. The summed E-state index contributed by atoms with van der Waals surface area (Å²) in [6.45, 7) is 9.29. The Morgan fingerprint density at radius 1 is 1.26 bits per heavy atom. The average Bonchev–Trinajstić information content (AvgIpc) is 3.19. The van der Waals surface area contributed by atoms with Gasteiger partial charge in [-0.2, -0.15) is 0 Å². The molecule has 1 aromatic carbocycles. The molecule has 1 aromatic rings. The standard InChI is InChI=1S/C17H26N2/c1-4-14-11-18-17(2,3)12-19(14)16-10-15(16)13-8-6-5-7-9-13/h5-9,14-16,18H,4,10-12H2,1-3H3. The first kappa shape index (κ1) is 13.1. The second kappa shape index (κ2) is 4.92. The van der Waals surface area contributed by atoms with Gasteiger partial charge in [0.1, 0.15) is 0 Å². The van der Waals surface area contributed by atoms with Gasteiger partial charge in [0.15, 0.2) is 0 Å². The van der Waals surface area contributed by atoms with Crippen LogP contribution in [0.1, 0.15) is 45.1 Å². The maximum atomic E-state index is 3.68. The van der Waals surface area contributed by atoms with Crippen molar-refractivity contribution in [3.63, 3.8) is 0 Å². The largest absolute Gasteiger partial charge is 0.309 e. The van der Waals surface area contributed by atoms with Crippen molar-refractivity contribution in [1.29, 1.82) is 0 Å². The average molecular weight is 258 g/mol. The fourth-order valence-corrected chi connectivity index (χ4v) is 3.53. The van der Waals surface area contributed by atoms with Crippen LogP contribution in [0.25, 0.3) is 0 Å². The van der Waals surface area contributed by atoms with Crippen LogP contribution >= 0.6 is 0 Å². The molecule has 0 aromatic heterocycles. The summed E-state index contributed by atoms with van der Waals surface area (Å²) in [5, 5.41) is 3.68. The second-order valence-electron chi connectivity index (χ2n) is 6.82. The van der Waals surface area contributed by atoms with E-state index in [-0.39, 0.29) is 5.54 Å². The molecule has 1 heterocycles. The van der Waals surface area contributed by atoms with Crippen molar-refractivity contribution < 1.29 is 0 Å². The van der Waals surface area contributed by atoms with E-state index in [4.69, 9.17) is 0 Å². The SMILES string of the molecule is CCC1CNC(C)(C)CN1C1CC1c1ccccc1. The highest BCUT2D eigenvalue weighted by molar-refractivity contribution is 5.28. The quantitative estimate of drug-likeness (QED) is 0.896. The highest BCUT2D eigenvalue weighted by Crippen LogP contribution is 2.46. The Morgan fingerprint density at radius 2 is 2.00 bits per heavy atom. The van der Waals surface area contributed by atoms with E-state index in [1.165, 1.54) is 24.9 Å². The molecule has 0 amide bonds. The zero-order chi connectivity index (χ0) is 13.5. The maximum absolute atomic E-state index is 3.68. The summed E-state index contributed by atoms with van der Waals surface area (Å²) in [4.78, 5) is 2.77. The smallest absolute Gasteiger partial charge is 0.0253 e. The molecule has 1 aliphatic heterocycles. The van der Waals surface area contributed by atoms with Crippen LogP contribution < -0.4 is 5.32 Å². The molecule has 0 spiro atoms. The third-order valence-electron chi connectivity index (χ3n) is 4.74. The molecule has 1 N–H and O–H groups in total. The maximum Gasteiger partial charge on any atom is 0.0253 e. The van der Waals surface area contributed by atoms with Crippen molar-refractivity contribution in [2.24, 2.45) is 0 Å². The second-order valence-corrected chi connectivity index (χ2v) is 6.82. The fourth-order valence-electron chi connectivity index (χ4n) is 3.53. The summed E-state index contributed by atoms with van der Waals surface area (Å²) >= 11 is 0. The van der Waals surface area contributed by atoms with Crippen LogP contribution in [0.15, 0.2) is 30.3 Å². The van der Waals surface area contributed by atoms with E-state index in [1.807, 2.05) is 0 Å². The molecule has 2 fully saturated rings. The van der Waals surface area contributed by atoms with E-state index in [0.717, 1.165) is 18.5 Å². The number of hydrogen-bond donors (Lipinski definition) is 1. The first-order chi connectivity index (χ1) is 9.11.